The van der Waals surface area contributed by atoms with Gasteiger partial charge >= 0.3 is 0 Å². The first-order chi connectivity index (χ1) is 16.4. The van der Waals surface area contributed by atoms with Crippen LogP contribution in [0.1, 0.15) is 12.8 Å². The second kappa shape index (κ2) is 11.1. The molecule has 180 valence electrons. The average molecular weight is 485 g/mol. The summed E-state index contributed by atoms with van der Waals surface area (Å²) in [5, 5.41) is 10.5. The van der Waals surface area contributed by atoms with Gasteiger partial charge in [0.1, 0.15) is 24.3 Å². The number of aliphatic hydroxyl groups excluding tert-OH is 1. The molecule has 0 aliphatic carbocycles. The topological polar surface area (TPSA) is 78.9 Å². The molecule has 3 aromatic carbocycles. The molecule has 1 atom stereocenters. The molecule has 1 fully saturated rings. The third kappa shape index (κ3) is 6.42. The molecule has 1 aliphatic rings. The van der Waals surface area contributed by atoms with Crippen LogP contribution in [0.3, 0.4) is 0 Å². The van der Waals surface area contributed by atoms with E-state index >= 15 is 0 Å². The van der Waals surface area contributed by atoms with Crippen LogP contribution in [0.2, 0.25) is 0 Å². The Morgan fingerprint density at radius 1 is 0.971 bits per heavy atom. The highest BCUT2D eigenvalue weighted by atomic mass is 32.2. The Bertz CT molecular complexity index is 1160. The van der Waals surface area contributed by atoms with Gasteiger partial charge in [0.25, 0.3) is 0 Å². The van der Waals surface area contributed by atoms with Gasteiger partial charge in [-0.1, -0.05) is 48.5 Å². The quantitative estimate of drug-likeness (QED) is 0.485. The van der Waals surface area contributed by atoms with Crippen LogP contribution in [-0.4, -0.2) is 56.8 Å². The molecule has 0 aromatic heterocycles. The van der Waals surface area contributed by atoms with E-state index in [1.54, 1.807) is 0 Å². The molecule has 34 heavy (non-hydrogen) atoms. The van der Waals surface area contributed by atoms with Crippen molar-refractivity contribution < 1.29 is 22.7 Å². The van der Waals surface area contributed by atoms with Crippen molar-refractivity contribution in [1.82, 2.24) is 9.62 Å². The number of aliphatic hydroxyl groups is 1. The first-order valence-electron chi connectivity index (χ1n) is 11.4. The van der Waals surface area contributed by atoms with Crippen molar-refractivity contribution >= 4 is 10.0 Å². The molecule has 0 saturated carbocycles. The van der Waals surface area contributed by atoms with E-state index < -0.39 is 21.9 Å². The molecule has 0 bridgehead atoms. The zero-order chi connectivity index (χ0) is 24.0. The molecule has 6 nitrogen and oxygen atoms in total. The molecular weight excluding hydrogens is 455 g/mol. The summed E-state index contributed by atoms with van der Waals surface area (Å²) in [6.45, 7) is 1.94. The van der Waals surface area contributed by atoms with Crippen molar-refractivity contribution in [2.45, 2.75) is 29.9 Å². The number of likely N-dealkylation sites (tertiary alicyclic amines) is 1. The summed E-state index contributed by atoms with van der Waals surface area (Å²) >= 11 is 0. The summed E-state index contributed by atoms with van der Waals surface area (Å²) in [5.74, 6) is 0.250. The summed E-state index contributed by atoms with van der Waals surface area (Å²) in [6.07, 6.45) is 0.590. The van der Waals surface area contributed by atoms with Gasteiger partial charge in [-0.2, -0.15) is 0 Å². The highest BCUT2D eigenvalue weighted by Crippen LogP contribution is 2.29. The minimum Gasteiger partial charge on any atom is -0.490 e. The summed E-state index contributed by atoms with van der Waals surface area (Å²) in [7, 11) is -3.69. The van der Waals surface area contributed by atoms with Crippen LogP contribution in [0, 0.1) is 5.82 Å². The number of piperidine rings is 1. The maximum absolute atomic E-state index is 13.1. The number of hydrogen-bond acceptors (Lipinski definition) is 5. The van der Waals surface area contributed by atoms with Crippen molar-refractivity contribution in [3.05, 3.63) is 84.7 Å². The van der Waals surface area contributed by atoms with E-state index in [0.717, 1.165) is 29.0 Å². The Morgan fingerprint density at radius 2 is 1.62 bits per heavy atom. The van der Waals surface area contributed by atoms with Crippen LogP contribution >= 0.6 is 0 Å². The Labute approximate surface area is 200 Å². The molecule has 0 amide bonds. The molecule has 8 heteroatoms. The van der Waals surface area contributed by atoms with Crippen LogP contribution in [-0.2, 0) is 10.0 Å². The fourth-order valence-corrected chi connectivity index (χ4v) is 5.43. The number of benzene rings is 3. The Kier molecular flexibility index (Phi) is 7.95. The lowest BCUT2D eigenvalue weighted by Gasteiger charge is -2.33. The number of hydrogen-bond donors (Lipinski definition) is 2. The molecular formula is C26H29FN2O4S. The maximum atomic E-state index is 13.1. The zero-order valence-electron chi connectivity index (χ0n) is 18.8. The smallest absolute Gasteiger partial charge is 0.240 e. The van der Waals surface area contributed by atoms with Crippen molar-refractivity contribution in [1.29, 1.82) is 0 Å². The molecule has 2 N–H and O–H groups in total. The van der Waals surface area contributed by atoms with Crippen LogP contribution in [0.15, 0.2) is 83.8 Å². The number of nitrogens with one attached hydrogen (secondary N) is 1. The molecule has 1 heterocycles. The number of halogens is 1. The molecule has 3 aromatic rings. The zero-order valence-corrected chi connectivity index (χ0v) is 19.6. The Morgan fingerprint density at radius 3 is 2.32 bits per heavy atom. The van der Waals surface area contributed by atoms with Gasteiger partial charge in [-0.25, -0.2) is 17.5 Å². The Hall–Kier alpha value is -2.78. The fourth-order valence-electron chi connectivity index (χ4n) is 4.12. The molecule has 4 rings (SSSR count). The van der Waals surface area contributed by atoms with Gasteiger partial charge in [0.05, 0.1) is 4.90 Å². The SMILES string of the molecule is O=S(=O)(NC1CCN(CC(O)COc2ccccc2-c2ccccc2)CC1)c1ccc(F)cc1. The molecule has 1 aliphatic heterocycles. The third-order valence-electron chi connectivity index (χ3n) is 5.91. The summed E-state index contributed by atoms with van der Waals surface area (Å²) in [5.41, 5.74) is 2.03. The predicted molar refractivity (Wildman–Crippen MR) is 130 cm³/mol. The van der Waals surface area contributed by atoms with Crippen molar-refractivity contribution in [3.63, 3.8) is 0 Å². The van der Waals surface area contributed by atoms with E-state index in [0.29, 0.717) is 32.5 Å². The number of β-amino-alcohol motifs (C(OH)–C–C–N with tert-alkyl or cyclic N) is 1. The summed E-state index contributed by atoms with van der Waals surface area (Å²) in [4.78, 5) is 2.17. The van der Waals surface area contributed by atoms with Gasteiger partial charge < -0.3 is 14.7 Å². The average Bonchev–Trinajstić information content (AvgIpc) is 2.85. The lowest BCUT2D eigenvalue weighted by atomic mass is 10.0. The largest absolute Gasteiger partial charge is 0.490 e. The van der Waals surface area contributed by atoms with Gasteiger partial charge in [-0.3, -0.25) is 0 Å². The van der Waals surface area contributed by atoms with E-state index in [-0.39, 0.29) is 17.5 Å². The highest BCUT2D eigenvalue weighted by Gasteiger charge is 2.25. The minimum absolute atomic E-state index is 0.0553. The number of ether oxygens (including phenoxy) is 1. The van der Waals surface area contributed by atoms with E-state index in [1.807, 2.05) is 54.6 Å². The summed E-state index contributed by atoms with van der Waals surface area (Å²) < 4.78 is 46.8. The van der Waals surface area contributed by atoms with Crippen LogP contribution < -0.4 is 9.46 Å². The van der Waals surface area contributed by atoms with Crippen molar-refractivity contribution in [3.8, 4) is 16.9 Å². The van der Waals surface area contributed by atoms with Crippen LogP contribution in [0.25, 0.3) is 11.1 Å². The second-order valence-electron chi connectivity index (χ2n) is 8.48. The Balaban J connectivity index is 1.25. The number of sulfonamides is 1. The first-order valence-corrected chi connectivity index (χ1v) is 12.8. The number of rotatable bonds is 9. The van der Waals surface area contributed by atoms with E-state index in [1.165, 1.54) is 12.1 Å². The van der Waals surface area contributed by atoms with Gasteiger partial charge in [-0.15, -0.1) is 0 Å². The standard InChI is InChI=1S/C26H29FN2O4S/c27-21-10-12-24(13-11-21)34(31,32)28-22-14-16-29(17-15-22)18-23(30)19-33-26-9-5-4-8-25(26)20-6-2-1-3-7-20/h1-13,22-23,28,30H,14-19H2. The second-order valence-corrected chi connectivity index (χ2v) is 10.2. The fraction of sp³-hybridized carbons (Fsp3) is 0.308. The highest BCUT2D eigenvalue weighted by molar-refractivity contribution is 7.89. The van der Waals surface area contributed by atoms with Gasteiger partial charge in [0.2, 0.25) is 10.0 Å². The van der Waals surface area contributed by atoms with Crippen molar-refractivity contribution in [2.24, 2.45) is 0 Å². The van der Waals surface area contributed by atoms with E-state index in [4.69, 9.17) is 4.74 Å². The number of nitrogens with zero attached hydrogens (tertiary/aromatic N) is 1. The minimum atomic E-state index is -3.69. The molecule has 0 radical (unpaired) electrons. The number of para-hydroxylation sites is 1. The monoisotopic (exact) mass is 484 g/mol. The van der Waals surface area contributed by atoms with E-state index in [9.17, 15) is 17.9 Å². The third-order valence-corrected chi connectivity index (χ3v) is 7.44. The normalized spacial score (nSPS) is 16.3. The molecule has 0 spiro atoms. The van der Waals surface area contributed by atoms with Gasteiger partial charge in [0.15, 0.2) is 0 Å². The predicted octanol–water partition coefficient (Wildman–Crippen LogP) is 3.68. The van der Waals surface area contributed by atoms with Gasteiger partial charge in [-0.05, 0) is 61.8 Å². The van der Waals surface area contributed by atoms with Gasteiger partial charge in [0, 0.05) is 18.2 Å². The first kappa shape index (κ1) is 24.3. The van der Waals surface area contributed by atoms with Crippen LogP contribution in [0.4, 0.5) is 4.39 Å². The molecule has 1 saturated heterocycles. The lowest BCUT2D eigenvalue weighted by molar-refractivity contribution is 0.0591. The van der Waals surface area contributed by atoms with E-state index in [2.05, 4.69) is 9.62 Å². The maximum Gasteiger partial charge on any atom is 0.240 e. The molecule has 1 unspecified atom stereocenters. The van der Waals surface area contributed by atoms with Crippen molar-refractivity contribution in [2.75, 3.05) is 26.2 Å². The van der Waals surface area contributed by atoms with Crippen LogP contribution in [0.5, 0.6) is 5.75 Å². The lowest BCUT2D eigenvalue weighted by Crippen LogP contribution is -2.47. The summed E-state index contributed by atoms with van der Waals surface area (Å²) in [6, 6.07) is 22.3.